The number of alkyl halides is 3. The van der Waals surface area contributed by atoms with Crippen molar-refractivity contribution in [2.24, 2.45) is 0 Å². The number of aromatic nitrogens is 1. The number of aliphatic hydroxyl groups is 1. The normalized spacial score (nSPS) is 14.0. The lowest BCUT2D eigenvalue weighted by Crippen LogP contribution is -2.39. The van der Waals surface area contributed by atoms with Crippen molar-refractivity contribution in [1.82, 2.24) is 10.3 Å². The molecule has 5 rings (SSSR count). The van der Waals surface area contributed by atoms with Crippen molar-refractivity contribution in [3.8, 4) is 22.6 Å². The average Bonchev–Trinajstić information content (AvgIpc) is 3.30. The third-order valence-electron chi connectivity index (χ3n) is 6.13. The van der Waals surface area contributed by atoms with Gasteiger partial charge < -0.3 is 24.9 Å². The highest BCUT2D eigenvalue weighted by atomic mass is 19.4. The van der Waals surface area contributed by atoms with Crippen LogP contribution in [0.3, 0.4) is 0 Å². The molecule has 0 saturated heterocycles. The Morgan fingerprint density at radius 2 is 1.78 bits per heavy atom. The Morgan fingerprint density at radius 1 is 1.03 bits per heavy atom. The zero-order valence-electron chi connectivity index (χ0n) is 19.1. The lowest BCUT2D eigenvalue weighted by atomic mass is 9.99. The summed E-state index contributed by atoms with van der Waals surface area (Å²) in [4.78, 5) is 16.5. The van der Waals surface area contributed by atoms with Gasteiger partial charge in [0.25, 0.3) is 5.91 Å². The highest BCUT2D eigenvalue weighted by molar-refractivity contribution is 5.99. The summed E-state index contributed by atoms with van der Waals surface area (Å²) in [7, 11) is 0. The number of aromatic amines is 1. The molecular weight excluding hydrogens is 473 g/mol. The molecule has 0 aliphatic carbocycles. The Labute approximate surface area is 204 Å². The minimum atomic E-state index is -4.44. The molecule has 3 N–H and O–H groups in total. The largest absolute Gasteiger partial charge is 0.486 e. The van der Waals surface area contributed by atoms with Crippen molar-refractivity contribution in [3.63, 3.8) is 0 Å². The zero-order chi connectivity index (χ0) is 25.3. The number of halogens is 3. The number of rotatable bonds is 6. The van der Waals surface area contributed by atoms with Crippen molar-refractivity contribution >= 4 is 16.8 Å². The smallest absolute Gasteiger partial charge is 0.416 e. The predicted octanol–water partition coefficient (Wildman–Crippen LogP) is 4.96. The number of carbonyl (C=O) groups excluding carboxylic acids is 1. The summed E-state index contributed by atoms with van der Waals surface area (Å²) in [5.74, 6) is 0.114. The van der Waals surface area contributed by atoms with Gasteiger partial charge in [0.2, 0.25) is 0 Å². The second-order valence-corrected chi connectivity index (χ2v) is 8.54. The van der Waals surface area contributed by atoms with Gasteiger partial charge >= 0.3 is 6.18 Å². The van der Waals surface area contributed by atoms with Gasteiger partial charge in [0.1, 0.15) is 13.2 Å². The number of fused-ring (bicyclic) bond motifs is 2. The molecule has 1 aromatic heterocycles. The molecule has 1 aliphatic heterocycles. The molecule has 1 aliphatic rings. The first-order chi connectivity index (χ1) is 17.3. The number of hydrogen-bond donors (Lipinski definition) is 3. The lowest BCUT2D eigenvalue weighted by molar-refractivity contribution is -0.137. The van der Waals surface area contributed by atoms with E-state index in [0.29, 0.717) is 23.3 Å². The third-order valence-corrected chi connectivity index (χ3v) is 6.13. The van der Waals surface area contributed by atoms with E-state index in [-0.39, 0.29) is 31.1 Å². The number of amides is 1. The number of benzene rings is 3. The molecule has 2 heterocycles. The summed E-state index contributed by atoms with van der Waals surface area (Å²) in [5, 5.41) is 13.8. The molecule has 1 atom stereocenters. The van der Waals surface area contributed by atoms with E-state index in [1.807, 2.05) is 30.5 Å². The van der Waals surface area contributed by atoms with E-state index < -0.39 is 23.7 Å². The third kappa shape index (κ3) is 4.74. The van der Waals surface area contributed by atoms with Crippen molar-refractivity contribution < 1.29 is 32.5 Å². The van der Waals surface area contributed by atoms with Crippen LogP contribution >= 0.6 is 0 Å². The molecule has 0 fully saturated rings. The summed E-state index contributed by atoms with van der Waals surface area (Å²) < 4.78 is 50.3. The van der Waals surface area contributed by atoms with Gasteiger partial charge in [0.15, 0.2) is 11.5 Å². The quantitative estimate of drug-likeness (QED) is 0.353. The number of carbonyl (C=O) groups is 1. The van der Waals surface area contributed by atoms with Crippen LogP contribution in [0.2, 0.25) is 0 Å². The molecule has 0 bridgehead atoms. The fourth-order valence-electron chi connectivity index (χ4n) is 4.33. The fourth-order valence-corrected chi connectivity index (χ4v) is 4.33. The summed E-state index contributed by atoms with van der Waals surface area (Å²) in [6.45, 7) is 0.249. The van der Waals surface area contributed by atoms with Crippen LogP contribution in [0, 0.1) is 0 Å². The Hall–Kier alpha value is -3.98. The van der Waals surface area contributed by atoms with Crippen molar-refractivity contribution in [2.75, 3.05) is 19.8 Å². The molecule has 186 valence electrons. The summed E-state index contributed by atoms with van der Waals surface area (Å²) in [6.07, 6.45) is -2.20. The number of ether oxygens (including phenoxy) is 2. The van der Waals surface area contributed by atoms with E-state index in [1.54, 1.807) is 12.1 Å². The number of para-hydroxylation sites is 1. The molecule has 1 amide bonds. The van der Waals surface area contributed by atoms with Gasteiger partial charge in [-0.1, -0.05) is 30.3 Å². The van der Waals surface area contributed by atoms with Crippen molar-refractivity contribution in [2.45, 2.75) is 18.6 Å². The highest BCUT2D eigenvalue weighted by Crippen LogP contribution is 2.39. The van der Waals surface area contributed by atoms with E-state index in [2.05, 4.69) is 10.3 Å². The van der Waals surface area contributed by atoms with E-state index in [9.17, 15) is 23.1 Å². The second-order valence-electron chi connectivity index (χ2n) is 8.54. The maximum absolute atomic E-state index is 13.3. The SMILES string of the molecule is O=C(N[C@@H](CO)Cc1c[nH]c2ccccc12)c1cc(-c2ccc(C(F)(F)F)cc2)cc2c1OCCO2. The van der Waals surface area contributed by atoms with Crippen LogP contribution < -0.4 is 14.8 Å². The molecule has 0 radical (unpaired) electrons. The van der Waals surface area contributed by atoms with Gasteiger partial charge in [-0.3, -0.25) is 4.79 Å². The summed E-state index contributed by atoms with van der Waals surface area (Å²) in [5.41, 5.74) is 2.33. The topological polar surface area (TPSA) is 83.6 Å². The minimum Gasteiger partial charge on any atom is -0.486 e. The first-order valence-electron chi connectivity index (χ1n) is 11.4. The van der Waals surface area contributed by atoms with Gasteiger partial charge in [0, 0.05) is 17.1 Å². The number of H-pyrrole nitrogens is 1. The Bertz CT molecular complexity index is 1400. The fraction of sp³-hybridized carbons (Fsp3) is 0.222. The molecule has 36 heavy (non-hydrogen) atoms. The summed E-state index contributed by atoms with van der Waals surface area (Å²) in [6, 6.07) is 15.1. The van der Waals surface area contributed by atoms with Gasteiger partial charge in [0.05, 0.1) is 23.8 Å². The van der Waals surface area contributed by atoms with Crippen LogP contribution in [-0.2, 0) is 12.6 Å². The summed E-state index contributed by atoms with van der Waals surface area (Å²) >= 11 is 0. The van der Waals surface area contributed by atoms with Crippen LogP contribution in [0.4, 0.5) is 13.2 Å². The molecule has 3 aromatic carbocycles. The molecule has 4 aromatic rings. The molecule has 0 saturated carbocycles. The van der Waals surface area contributed by atoms with Crippen LogP contribution in [0.5, 0.6) is 11.5 Å². The van der Waals surface area contributed by atoms with E-state index >= 15 is 0 Å². The molecule has 0 spiro atoms. The van der Waals surface area contributed by atoms with Gasteiger partial charge in [-0.15, -0.1) is 0 Å². The maximum Gasteiger partial charge on any atom is 0.416 e. The first-order valence-corrected chi connectivity index (χ1v) is 11.4. The lowest BCUT2D eigenvalue weighted by Gasteiger charge is -2.23. The van der Waals surface area contributed by atoms with Gasteiger partial charge in [-0.05, 0) is 53.4 Å². The van der Waals surface area contributed by atoms with Crippen LogP contribution in [0.25, 0.3) is 22.0 Å². The van der Waals surface area contributed by atoms with Crippen molar-refractivity contribution in [3.05, 3.63) is 83.6 Å². The Balaban J connectivity index is 1.43. The van der Waals surface area contributed by atoms with Crippen LogP contribution in [-0.4, -0.2) is 41.9 Å². The van der Waals surface area contributed by atoms with Gasteiger partial charge in [-0.2, -0.15) is 13.2 Å². The maximum atomic E-state index is 13.3. The second kappa shape index (κ2) is 9.58. The molecule has 0 unspecified atom stereocenters. The highest BCUT2D eigenvalue weighted by Gasteiger charge is 2.30. The number of nitrogens with one attached hydrogen (secondary N) is 2. The monoisotopic (exact) mass is 496 g/mol. The number of aliphatic hydroxyl groups excluding tert-OH is 1. The Kier molecular flexibility index (Phi) is 6.32. The van der Waals surface area contributed by atoms with E-state index in [1.165, 1.54) is 12.1 Å². The van der Waals surface area contributed by atoms with Crippen molar-refractivity contribution in [1.29, 1.82) is 0 Å². The minimum absolute atomic E-state index is 0.180. The van der Waals surface area contributed by atoms with Gasteiger partial charge in [-0.25, -0.2) is 0 Å². The predicted molar refractivity (Wildman–Crippen MR) is 128 cm³/mol. The molecular formula is C27H23F3N2O4. The first kappa shape index (κ1) is 23.7. The van der Waals surface area contributed by atoms with Crippen LogP contribution in [0.1, 0.15) is 21.5 Å². The van der Waals surface area contributed by atoms with Crippen LogP contribution in [0.15, 0.2) is 66.9 Å². The molecule has 6 nitrogen and oxygen atoms in total. The molecule has 9 heteroatoms. The zero-order valence-corrected chi connectivity index (χ0v) is 19.1. The standard InChI is InChI=1S/C27H23F3N2O4/c28-27(29,30)19-7-5-16(6-8-19)17-12-22(25-24(13-17)35-9-10-36-25)26(34)32-20(15-33)11-18-14-31-23-4-2-1-3-21(18)23/h1-8,12-14,20,31,33H,9-11,15H2,(H,32,34)/t20-/m1/s1. The Morgan fingerprint density at radius 3 is 2.53 bits per heavy atom. The van der Waals surface area contributed by atoms with E-state index in [0.717, 1.165) is 28.6 Å². The van der Waals surface area contributed by atoms with E-state index in [4.69, 9.17) is 9.47 Å². The average molecular weight is 496 g/mol. The number of hydrogen-bond acceptors (Lipinski definition) is 4.